The summed E-state index contributed by atoms with van der Waals surface area (Å²) in [7, 11) is 1.51. The van der Waals surface area contributed by atoms with Gasteiger partial charge in [0.2, 0.25) is 5.91 Å². The van der Waals surface area contributed by atoms with Gasteiger partial charge in [-0.1, -0.05) is 16.8 Å². The van der Waals surface area contributed by atoms with Crippen molar-refractivity contribution in [1.82, 2.24) is 10.1 Å². The van der Waals surface area contributed by atoms with Crippen LogP contribution in [0, 0.1) is 6.92 Å². The fourth-order valence-corrected chi connectivity index (χ4v) is 2.55. The number of ether oxygens (including phenoxy) is 1. The van der Waals surface area contributed by atoms with Crippen LogP contribution < -0.4 is 10.1 Å². The lowest BCUT2D eigenvalue weighted by Gasteiger charge is -2.17. The lowest BCUT2D eigenvalue weighted by molar-refractivity contribution is -0.135. The summed E-state index contributed by atoms with van der Waals surface area (Å²) in [6, 6.07) is 6.56. The monoisotopic (exact) mass is 415 g/mol. The SMILES string of the molecule is Cc1cc(NC(=O)CN(C)C(=O)COc2ccc(Cl)cc2Br)no1. The highest BCUT2D eigenvalue weighted by atomic mass is 79.9. The second-order valence-electron chi connectivity index (χ2n) is 4.98. The van der Waals surface area contributed by atoms with Crippen LogP contribution in [0.2, 0.25) is 5.02 Å². The Hall–Kier alpha value is -2.06. The summed E-state index contributed by atoms with van der Waals surface area (Å²) >= 11 is 9.14. The highest BCUT2D eigenvalue weighted by molar-refractivity contribution is 9.10. The fourth-order valence-electron chi connectivity index (χ4n) is 1.75. The average Bonchev–Trinajstić information content (AvgIpc) is 2.90. The van der Waals surface area contributed by atoms with E-state index in [-0.39, 0.29) is 25.0 Å². The van der Waals surface area contributed by atoms with E-state index in [0.29, 0.717) is 26.8 Å². The first-order valence-corrected chi connectivity index (χ1v) is 8.07. The van der Waals surface area contributed by atoms with Crippen LogP contribution in [0.3, 0.4) is 0 Å². The van der Waals surface area contributed by atoms with Crippen molar-refractivity contribution in [3.05, 3.63) is 39.5 Å². The van der Waals surface area contributed by atoms with Gasteiger partial charge in [0, 0.05) is 18.1 Å². The van der Waals surface area contributed by atoms with Crippen molar-refractivity contribution in [1.29, 1.82) is 0 Å². The number of nitrogens with one attached hydrogen (secondary N) is 1. The van der Waals surface area contributed by atoms with Crippen LogP contribution in [0.4, 0.5) is 5.82 Å². The number of hydrogen-bond donors (Lipinski definition) is 1. The molecule has 0 bridgehead atoms. The van der Waals surface area contributed by atoms with Gasteiger partial charge in [0.1, 0.15) is 11.5 Å². The Morgan fingerprint density at radius 2 is 2.17 bits per heavy atom. The lowest BCUT2D eigenvalue weighted by Crippen LogP contribution is -2.37. The van der Waals surface area contributed by atoms with Crippen molar-refractivity contribution in [2.75, 3.05) is 25.5 Å². The molecule has 24 heavy (non-hydrogen) atoms. The van der Waals surface area contributed by atoms with E-state index in [1.807, 2.05) is 0 Å². The van der Waals surface area contributed by atoms with Gasteiger partial charge in [0.25, 0.3) is 5.91 Å². The minimum atomic E-state index is -0.383. The minimum Gasteiger partial charge on any atom is -0.483 e. The quantitative estimate of drug-likeness (QED) is 0.783. The first-order valence-electron chi connectivity index (χ1n) is 6.90. The smallest absolute Gasteiger partial charge is 0.260 e. The Labute approximate surface area is 152 Å². The molecule has 9 heteroatoms. The number of halogens is 2. The number of carbonyl (C=O) groups is 2. The lowest BCUT2D eigenvalue weighted by atomic mass is 10.3. The van der Waals surface area contributed by atoms with Crippen molar-refractivity contribution >= 4 is 45.2 Å². The summed E-state index contributed by atoms with van der Waals surface area (Å²) in [5.41, 5.74) is 0. The van der Waals surface area contributed by atoms with Gasteiger partial charge < -0.3 is 19.5 Å². The maximum Gasteiger partial charge on any atom is 0.260 e. The van der Waals surface area contributed by atoms with Crippen molar-refractivity contribution < 1.29 is 18.8 Å². The van der Waals surface area contributed by atoms with E-state index in [9.17, 15) is 9.59 Å². The Balaban J connectivity index is 1.82. The second kappa shape index (κ2) is 8.16. The van der Waals surface area contributed by atoms with E-state index >= 15 is 0 Å². The zero-order valence-electron chi connectivity index (χ0n) is 13.0. The number of benzene rings is 1. The fraction of sp³-hybridized carbons (Fsp3) is 0.267. The Morgan fingerprint density at radius 3 is 2.79 bits per heavy atom. The first kappa shape index (κ1) is 18.3. The van der Waals surface area contributed by atoms with Crippen LogP contribution in [0.15, 0.2) is 33.3 Å². The van der Waals surface area contributed by atoms with Crippen LogP contribution >= 0.6 is 27.5 Å². The molecule has 128 valence electrons. The van der Waals surface area contributed by atoms with Crippen LogP contribution in [0.25, 0.3) is 0 Å². The van der Waals surface area contributed by atoms with Crippen molar-refractivity contribution in [3.8, 4) is 5.75 Å². The Bertz CT molecular complexity index is 750. The summed E-state index contributed by atoms with van der Waals surface area (Å²) in [4.78, 5) is 25.1. The third-order valence-corrected chi connectivity index (χ3v) is 3.80. The number of hydrogen-bond acceptors (Lipinski definition) is 5. The van der Waals surface area contributed by atoms with Crippen LogP contribution in [0.1, 0.15) is 5.76 Å². The van der Waals surface area contributed by atoms with E-state index in [0.717, 1.165) is 0 Å². The van der Waals surface area contributed by atoms with Crippen LogP contribution in [-0.4, -0.2) is 42.1 Å². The number of carbonyl (C=O) groups excluding carboxylic acids is 2. The minimum absolute atomic E-state index is 0.129. The zero-order chi connectivity index (χ0) is 17.7. The number of rotatable bonds is 6. The number of likely N-dealkylation sites (N-methyl/N-ethyl adjacent to an activating group) is 1. The molecule has 1 aromatic heterocycles. The molecule has 0 fully saturated rings. The van der Waals surface area contributed by atoms with E-state index in [1.54, 1.807) is 31.2 Å². The van der Waals surface area contributed by atoms with Gasteiger partial charge in [-0.15, -0.1) is 0 Å². The maximum absolute atomic E-state index is 12.0. The molecule has 0 spiro atoms. The molecule has 0 aliphatic heterocycles. The van der Waals surface area contributed by atoms with Gasteiger partial charge in [-0.3, -0.25) is 9.59 Å². The number of amides is 2. The highest BCUT2D eigenvalue weighted by Crippen LogP contribution is 2.27. The van der Waals surface area contributed by atoms with E-state index in [2.05, 4.69) is 26.4 Å². The predicted octanol–water partition coefficient (Wildman–Crippen LogP) is 2.87. The molecule has 0 unspecified atom stereocenters. The molecule has 2 amide bonds. The summed E-state index contributed by atoms with van der Waals surface area (Å²) in [5.74, 6) is 0.648. The van der Waals surface area contributed by atoms with Gasteiger partial charge in [-0.05, 0) is 41.1 Å². The van der Waals surface area contributed by atoms with Crippen molar-refractivity contribution in [2.24, 2.45) is 0 Å². The molecule has 0 aliphatic rings. The van der Waals surface area contributed by atoms with Gasteiger partial charge >= 0.3 is 0 Å². The zero-order valence-corrected chi connectivity index (χ0v) is 15.3. The Kier molecular flexibility index (Phi) is 6.22. The maximum atomic E-state index is 12.0. The number of aromatic nitrogens is 1. The van der Waals surface area contributed by atoms with Crippen molar-refractivity contribution in [2.45, 2.75) is 6.92 Å². The molecule has 1 N–H and O–H groups in total. The number of nitrogens with zero attached hydrogens (tertiary/aromatic N) is 2. The highest BCUT2D eigenvalue weighted by Gasteiger charge is 2.15. The Morgan fingerprint density at radius 1 is 1.42 bits per heavy atom. The first-order chi connectivity index (χ1) is 11.3. The molecular formula is C15H15BrClN3O4. The van der Waals surface area contributed by atoms with E-state index < -0.39 is 0 Å². The van der Waals surface area contributed by atoms with Crippen molar-refractivity contribution in [3.63, 3.8) is 0 Å². The number of aryl methyl sites for hydroxylation is 1. The summed E-state index contributed by atoms with van der Waals surface area (Å²) in [6.07, 6.45) is 0. The van der Waals surface area contributed by atoms with E-state index in [1.165, 1.54) is 11.9 Å². The van der Waals surface area contributed by atoms with Gasteiger partial charge in [0.15, 0.2) is 12.4 Å². The third-order valence-electron chi connectivity index (χ3n) is 2.95. The third kappa shape index (κ3) is 5.24. The molecule has 0 radical (unpaired) electrons. The molecule has 0 atom stereocenters. The average molecular weight is 417 g/mol. The van der Waals surface area contributed by atoms with Gasteiger partial charge in [-0.2, -0.15) is 0 Å². The largest absolute Gasteiger partial charge is 0.483 e. The van der Waals surface area contributed by atoms with Gasteiger partial charge in [-0.25, -0.2) is 0 Å². The predicted molar refractivity (Wildman–Crippen MR) is 92.2 cm³/mol. The molecule has 2 rings (SSSR count). The topological polar surface area (TPSA) is 84.7 Å². The van der Waals surface area contributed by atoms with Gasteiger partial charge in [0.05, 0.1) is 11.0 Å². The molecule has 0 saturated carbocycles. The second-order valence-corrected chi connectivity index (χ2v) is 6.27. The molecule has 1 aromatic carbocycles. The molecule has 7 nitrogen and oxygen atoms in total. The summed E-state index contributed by atoms with van der Waals surface area (Å²) < 4.78 is 10.9. The standard InChI is InChI=1S/C15H15BrClN3O4/c1-9-5-13(19-24-9)18-14(21)7-20(2)15(22)8-23-12-4-3-10(17)6-11(12)16/h3-6H,7-8H2,1-2H3,(H,18,19,21). The van der Waals surface area contributed by atoms with Crippen LogP contribution in [0.5, 0.6) is 5.75 Å². The molecule has 1 heterocycles. The summed E-state index contributed by atoms with van der Waals surface area (Å²) in [5, 5.41) is 6.74. The summed E-state index contributed by atoms with van der Waals surface area (Å²) in [6.45, 7) is 1.38. The molecule has 0 saturated heterocycles. The number of anilines is 1. The molecule has 2 aromatic rings. The normalized spacial score (nSPS) is 10.3. The van der Waals surface area contributed by atoms with Crippen LogP contribution in [-0.2, 0) is 9.59 Å². The molecule has 0 aliphatic carbocycles. The molecular weight excluding hydrogens is 402 g/mol. The van der Waals surface area contributed by atoms with E-state index in [4.69, 9.17) is 20.9 Å².